The van der Waals surface area contributed by atoms with E-state index in [-0.39, 0.29) is 0 Å². The SMILES string of the molecule is COCC(O)c1csc(C)c1. The molecule has 1 aromatic heterocycles. The number of ether oxygens (including phenoxy) is 1. The van der Waals surface area contributed by atoms with Gasteiger partial charge < -0.3 is 9.84 Å². The van der Waals surface area contributed by atoms with E-state index in [4.69, 9.17) is 4.74 Å². The first-order valence-corrected chi connectivity index (χ1v) is 4.34. The topological polar surface area (TPSA) is 29.5 Å². The van der Waals surface area contributed by atoms with Crippen LogP contribution < -0.4 is 0 Å². The molecule has 0 radical (unpaired) electrons. The van der Waals surface area contributed by atoms with Gasteiger partial charge >= 0.3 is 0 Å². The van der Waals surface area contributed by atoms with Gasteiger partial charge in [-0.05, 0) is 23.9 Å². The van der Waals surface area contributed by atoms with Crippen molar-refractivity contribution in [2.24, 2.45) is 0 Å². The second kappa shape index (κ2) is 3.85. The molecule has 0 aliphatic carbocycles. The minimum absolute atomic E-state index is 0.371. The quantitative estimate of drug-likeness (QED) is 0.752. The van der Waals surface area contributed by atoms with E-state index in [1.54, 1.807) is 18.4 Å². The monoisotopic (exact) mass is 172 g/mol. The average Bonchev–Trinajstić information content (AvgIpc) is 2.36. The maximum Gasteiger partial charge on any atom is 0.103 e. The van der Waals surface area contributed by atoms with Crippen LogP contribution in [-0.4, -0.2) is 18.8 Å². The minimum atomic E-state index is -0.468. The molecule has 0 aliphatic heterocycles. The van der Waals surface area contributed by atoms with Gasteiger partial charge in [-0.2, -0.15) is 0 Å². The Balaban J connectivity index is 2.60. The van der Waals surface area contributed by atoms with Crippen LogP contribution in [0.2, 0.25) is 0 Å². The molecule has 0 spiro atoms. The van der Waals surface area contributed by atoms with Gasteiger partial charge in [0.15, 0.2) is 0 Å². The van der Waals surface area contributed by atoms with Crippen LogP contribution in [0.1, 0.15) is 16.5 Å². The molecule has 1 N–H and O–H groups in total. The van der Waals surface area contributed by atoms with Crippen LogP contribution in [0.5, 0.6) is 0 Å². The number of hydrogen-bond donors (Lipinski definition) is 1. The lowest BCUT2D eigenvalue weighted by Gasteiger charge is -2.05. The molecule has 0 bridgehead atoms. The third kappa shape index (κ3) is 2.29. The number of aliphatic hydroxyl groups is 1. The zero-order chi connectivity index (χ0) is 8.27. The number of rotatable bonds is 3. The number of methoxy groups -OCH3 is 1. The van der Waals surface area contributed by atoms with E-state index < -0.39 is 6.10 Å². The van der Waals surface area contributed by atoms with E-state index in [1.165, 1.54) is 4.88 Å². The summed E-state index contributed by atoms with van der Waals surface area (Å²) in [5.41, 5.74) is 0.953. The van der Waals surface area contributed by atoms with Crippen LogP contribution in [0.15, 0.2) is 11.4 Å². The molecule has 1 unspecified atom stereocenters. The fourth-order valence-corrected chi connectivity index (χ4v) is 1.64. The highest BCUT2D eigenvalue weighted by Crippen LogP contribution is 2.19. The summed E-state index contributed by atoms with van der Waals surface area (Å²) in [7, 11) is 1.59. The molecule has 0 saturated heterocycles. The van der Waals surface area contributed by atoms with Crippen molar-refractivity contribution in [3.8, 4) is 0 Å². The largest absolute Gasteiger partial charge is 0.386 e. The minimum Gasteiger partial charge on any atom is -0.386 e. The third-order valence-corrected chi connectivity index (χ3v) is 2.34. The lowest BCUT2D eigenvalue weighted by molar-refractivity contribution is 0.0646. The summed E-state index contributed by atoms with van der Waals surface area (Å²) in [6.45, 7) is 2.39. The average molecular weight is 172 g/mol. The van der Waals surface area contributed by atoms with Crippen molar-refractivity contribution in [3.63, 3.8) is 0 Å². The molecule has 0 fully saturated rings. The molecule has 0 aliphatic rings. The zero-order valence-corrected chi connectivity index (χ0v) is 7.52. The summed E-state index contributed by atoms with van der Waals surface area (Å²) in [6, 6.07) is 1.98. The van der Waals surface area contributed by atoms with Crippen LogP contribution in [0.3, 0.4) is 0 Å². The molecular formula is C8H12O2S. The van der Waals surface area contributed by atoms with Gasteiger partial charge in [0, 0.05) is 12.0 Å². The summed E-state index contributed by atoms with van der Waals surface area (Å²) in [6.07, 6.45) is -0.468. The Morgan fingerprint density at radius 2 is 2.45 bits per heavy atom. The molecule has 1 heterocycles. The van der Waals surface area contributed by atoms with Gasteiger partial charge in [-0.15, -0.1) is 11.3 Å². The van der Waals surface area contributed by atoms with Crippen LogP contribution in [0.25, 0.3) is 0 Å². The van der Waals surface area contributed by atoms with E-state index in [0.29, 0.717) is 6.61 Å². The lowest BCUT2D eigenvalue weighted by atomic mass is 10.2. The van der Waals surface area contributed by atoms with E-state index in [9.17, 15) is 5.11 Å². The van der Waals surface area contributed by atoms with Crippen molar-refractivity contribution in [3.05, 3.63) is 21.9 Å². The Hall–Kier alpha value is -0.380. The molecule has 62 valence electrons. The fourth-order valence-electron chi connectivity index (χ4n) is 0.893. The highest BCUT2D eigenvalue weighted by atomic mass is 32.1. The first-order chi connectivity index (χ1) is 5.24. The number of hydrogen-bond acceptors (Lipinski definition) is 3. The van der Waals surface area contributed by atoms with Gasteiger partial charge in [-0.1, -0.05) is 0 Å². The first kappa shape index (κ1) is 8.71. The van der Waals surface area contributed by atoms with E-state index in [0.717, 1.165) is 5.56 Å². The van der Waals surface area contributed by atoms with Gasteiger partial charge in [0.2, 0.25) is 0 Å². The van der Waals surface area contributed by atoms with Crippen molar-refractivity contribution >= 4 is 11.3 Å². The Morgan fingerprint density at radius 1 is 1.73 bits per heavy atom. The van der Waals surface area contributed by atoms with Crippen molar-refractivity contribution in [2.75, 3.05) is 13.7 Å². The normalized spacial score (nSPS) is 13.4. The van der Waals surface area contributed by atoms with Gasteiger partial charge in [0.25, 0.3) is 0 Å². The van der Waals surface area contributed by atoms with Crippen molar-refractivity contribution < 1.29 is 9.84 Å². The lowest BCUT2D eigenvalue weighted by Crippen LogP contribution is -2.03. The number of aliphatic hydroxyl groups excluding tert-OH is 1. The van der Waals surface area contributed by atoms with Crippen LogP contribution in [-0.2, 0) is 4.74 Å². The second-order valence-electron chi connectivity index (χ2n) is 2.46. The molecular weight excluding hydrogens is 160 g/mol. The first-order valence-electron chi connectivity index (χ1n) is 3.46. The van der Waals surface area contributed by atoms with Gasteiger partial charge in [-0.25, -0.2) is 0 Å². The molecule has 0 aromatic carbocycles. The molecule has 0 saturated carbocycles. The van der Waals surface area contributed by atoms with Crippen molar-refractivity contribution in [2.45, 2.75) is 13.0 Å². The van der Waals surface area contributed by atoms with Gasteiger partial charge in [0.1, 0.15) is 6.10 Å². The van der Waals surface area contributed by atoms with E-state index >= 15 is 0 Å². The van der Waals surface area contributed by atoms with Gasteiger partial charge in [0.05, 0.1) is 6.61 Å². The predicted octanol–water partition coefficient (Wildman–Crippen LogP) is 1.74. The van der Waals surface area contributed by atoms with Crippen LogP contribution in [0.4, 0.5) is 0 Å². The number of thiophene rings is 1. The highest BCUT2D eigenvalue weighted by Gasteiger charge is 2.07. The number of aryl methyl sites for hydroxylation is 1. The fraction of sp³-hybridized carbons (Fsp3) is 0.500. The maximum absolute atomic E-state index is 9.42. The molecule has 1 atom stereocenters. The van der Waals surface area contributed by atoms with Crippen LogP contribution in [0, 0.1) is 6.92 Å². The Morgan fingerprint density at radius 3 is 2.91 bits per heavy atom. The summed E-state index contributed by atoms with van der Waals surface area (Å²) in [5.74, 6) is 0. The molecule has 3 heteroatoms. The van der Waals surface area contributed by atoms with Gasteiger partial charge in [-0.3, -0.25) is 0 Å². The molecule has 2 nitrogen and oxygen atoms in total. The Kier molecular flexibility index (Phi) is 3.05. The van der Waals surface area contributed by atoms with E-state index in [2.05, 4.69) is 0 Å². The summed E-state index contributed by atoms with van der Waals surface area (Å²) < 4.78 is 4.82. The highest BCUT2D eigenvalue weighted by molar-refractivity contribution is 7.10. The van der Waals surface area contributed by atoms with Crippen LogP contribution >= 0.6 is 11.3 Å². The second-order valence-corrected chi connectivity index (χ2v) is 3.58. The standard InChI is InChI=1S/C8H12O2S/c1-6-3-7(5-11-6)8(9)4-10-2/h3,5,8-9H,4H2,1-2H3. The smallest absolute Gasteiger partial charge is 0.103 e. The molecule has 0 amide bonds. The zero-order valence-electron chi connectivity index (χ0n) is 6.70. The van der Waals surface area contributed by atoms with E-state index in [1.807, 2.05) is 18.4 Å². The summed E-state index contributed by atoms with van der Waals surface area (Å²) >= 11 is 1.64. The molecule has 1 aromatic rings. The maximum atomic E-state index is 9.42. The van der Waals surface area contributed by atoms with Crippen molar-refractivity contribution in [1.82, 2.24) is 0 Å². The predicted molar refractivity (Wildman–Crippen MR) is 45.9 cm³/mol. The third-order valence-electron chi connectivity index (χ3n) is 1.46. The Bertz CT molecular complexity index is 220. The molecule has 1 rings (SSSR count). The van der Waals surface area contributed by atoms with Crippen molar-refractivity contribution in [1.29, 1.82) is 0 Å². The Labute approximate surface area is 70.4 Å². The summed E-state index contributed by atoms with van der Waals surface area (Å²) in [4.78, 5) is 1.22. The molecule has 11 heavy (non-hydrogen) atoms. The summed E-state index contributed by atoms with van der Waals surface area (Å²) in [5, 5.41) is 11.4.